The Kier molecular flexibility index (Phi) is 6.09. The van der Waals surface area contributed by atoms with Crippen LogP contribution in [0.1, 0.15) is 32.8 Å². The first-order valence-electron chi connectivity index (χ1n) is 8.34. The average Bonchev–Trinajstić information content (AvgIpc) is 2.53. The Balaban J connectivity index is 2.38. The summed E-state index contributed by atoms with van der Waals surface area (Å²) in [6.07, 6.45) is -3.19. The molecule has 8 heteroatoms. The molecule has 0 radical (unpaired) electrons. The van der Waals surface area contributed by atoms with Gasteiger partial charge in [-0.25, -0.2) is 9.37 Å². The highest BCUT2D eigenvalue weighted by Crippen LogP contribution is 2.39. The molecule has 2 aromatic rings. The standard InChI is InChI=1S/C19H21F5N2O/c1-11(2)9-18(3,25)10-27-15-5-4-12(8-14(15)19(22,23)24)13-6-7-26-17(21)16(13)20/h4-8,11H,9-10,25H2,1-3H3. The molecule has 3 nitrogen and oxygen atoms in total. The van der Waals surface area contributed by atoms with Crippen LogP contribution in [0.5, 0.6) is 5.75 Å². The highest BCUT2D eigenvalue weighted by Gasteiger charge is 2.35. The summed E-state index contributed by atoms with van der Waals surface area (Å²) in [4.78, 5) is 3.13. The number of rotatable bonds is 6. The number of hydrogen-bond acceptors (Lipinski definition) is 3. The van der Waals surface area contributed by atoms with Crippen molar-refractivity contribution in [2.75, 3.05) is 6.61 Å². The largest absolute Gasteiger partial charge is 0.491 e. The molecular weight excluding hydrogens is 367 g/mol. The lowest BCUT2D eigenvalue weighted by Crippen LogP contribution is -2.43. The van der Waals surface area contributed by atoms with Gasteiger partial charge in [-0.15, -0.1) is 0 Å². The van der Waals surface area contributed by atoms with E-state index in [9.17, 15) is 22.0 Å². The number of nitrogens with two attached hydrogens (primary N) is 1. The summed E-state index contributed by atoms with van der Waals surface area (Å²) in [7, 11) is 0. The lowest BCUT2D eigenvalue weighted by Gasteiger charge is -2.27. The number of benzene rings is 1. The van der Waals surface area contributed by atoms with Crippen molar-refractivity contribution in [3.63, 3.8) is 0 Å². The molecule has 2 rings (SSSR count). The lowest BCUT2D eigenvalue weighted by molar-refractivity contribution is -0.139. The van der Waals surface area contributed by atoms with Crippen LogP contribution in [0.25, 0.3) is 11.1 Å². The highest BCUT2D eigenvalue weighted by atomic mass is 19.4. The van der Waals surface area contributed by atoms with Crippen LogP contribution in [-0.2, 0) is 6.18 Å². The third kappa shape index (κ3) is 5.38. The quantitative estimate of drug-likeness (QED) is 0.547. The molecule has 0 amide bonds. The zero-order valence-electron chi connectivity index (χ0n) is 15.2. The van der Waals surface area contributed by atoms with Gasteiger partial charge in [0.05, 0.1) is 5.56 Å². The SMILES string of the molecule is CC(C)CC(C)(N)COc1ccc(-c2ccnc(F)c2F)cc1C(F)(F)F. The van der Waals surface area contributed by atoms with E-state index in [0.717, 1.165) is 24.4 Å². The smallest absolute Gasteiger partial charge is 0.419 e. The molecule has 2 N–H and O–H groups in total. The molecule has 0 spiro atoms. The lowest BCUT2D eigenvalue weighted by atomic mass is 9.93. The summed E-state index contributed by atoms with van der Waals surface area (Å²) in [5.41, 5.74) is 3.73. The fourth-order valence-electron chi connectivity index (χ4n) is 2.92. The Labute approximate surface area is 154 Å². The normalized spacial score (nSPS) is 14.3. The Morgan fingerprint density at radius 2 is 1.81 bits per heavy atom. The van der Waals surface area contributed by atoms with Gasteiger partial charge in [-0.3, -0.25) is 0 Å². The third-order valence-corrected chi connectivity index (χ3v) is 3.87. The number of halogens is 5. The zero-order valence-corrected chi connectivity index (χ0v) is 15.2. The minimum absolute atomic E-state index is 0.119. The molecule has 0 saturated heterocycles. The molecule has 0 aliphatic heterocycles. The van der Waals surface area contributed by atoms with E-state index in [4.69, 9.17) is 10.5 Å². The fourth-order valence-corrected chi connectivity index (χ4v) is 2.92. The summed E-state index contributed by atoms with van der Waals surface area (Å²) in [6.45, 7) is 5.47. The second-order valence-corrected chi connectivity index (χ2v) is 7.21. The number of ether oxygens (including phenoxy) is 1. The Morgan fingerprint density at radius 3 is 2.41 bits per heavy atom. The maximum atomic E-state index is 13.9. The van der Waals surface area contributed by atoms with Crippen molar-refractivity contribution in [3.8, 4) is 16.9 Å². The number of nitrogens with zero attached hydrogens (tertiary/aromatic N) is 1. The summed E-state index contributed by atoms with van der Waals surface area (Å²) in [5.74, 6) is -2.86. The van der Waals surface area contributed by atoms with E-state index in [-0.39, 0.29) is 23.7 Å². The van der Waals surface area contributed by atoms with E-state index in [0.29, 0.717) is 6.42 Å². The van der Waals surface area contributed by atoms with Gasteiger partial charge in [-0.05, 0) is 43.0 Å². The van der Waals surface area contributed by atoms with Gasteiger partial charge in [-0.1, -0.05) is 19.9 Å². The van der Waals surface area contributed by atoms with Crippen LogP contribution in [0.4, 0.5) is 22.0 Å². The van der Waals surface area contributed by atoms with Crippen LogP contribution < -0.4 is 10.5 Å². The van der Waals surface area contributed by atoms with Crippen molar-refractivity contribution < 1.29 is 26.7 Å². The minimum Gasteiger partial charge on any atom is -0.491 e. The molecule has 1 heterocycles. The molecule has 0 saturated carbocycles. The van der Waals surface area contributed by atoms with Crippen molar-refractivity contribution in [2.45, 2.75) is 38.9 Å². The van der Waals surface area contributed by atoms with Gasteiger partial charge in [-0.2, -0.15) is 17.6 Å². The first kappa shape index (κ1) is 21.1. The van der Waals surface area contributed by atoms with Crippen molar-refractivity contribution >= 4 is 0 Å². The first-order chi connectivity index (χ1) is 12.4. The predicted molar refractivity (Wildman–Crippen MR) is 92.1 cm³/mol. The predicted octanol–water partition coefficient (Wildman–Crippen LogP) is 5.19. The van der Waals surface area contributed by atoms with Crippen LogP contribution in [0.15, 0.2) is 30.5 Å². The summed E-state index contributed by atoms with van der Waals surface area (Å²) in [6, 6.07) is 4.15. The average molecular weight is 388 g/mol. The van der Waals surface area contributed by atoms with Crippen molar-refractivity contribution in [1.29, 1.82) is 0 Å². The van der Waals surface area contributed by atoms with Gasteiger partial charge in [0, 0.05) is 17.3 Å². The van der Waals surface area contributed by atoms with E-state index in [1.165, 1.54) is 6.07 Å². The van der Waals surface area contributed by atoms with Gasteiger partial charge in [0.25, 0.3) is 0 Å². The van der Waals surface area contributed by atoms with Crippen LogP contribution in [0.2, 0.25) is 0 Å². The van der Waals surface area contributed by atoms with Crippen LogP contribution in [0.3, 0.4) is 0 Å². The molecule has 1 atom stereocenters. The van der Waals surface area contributed by atoms with Crippen LogP contribution in [-0.4, -0.2) is 17.1 Å². The second-order valence-electron chi connectivity index (χ2n) is 7.21. The summed E-state index contributed by atoms with van der Waals surface area (Å²) >= 11 is 0. The van der Waals surface area contributed by atoms with Gasteiger partial charge < -0.3 is 10.5 Å². The van der Waals surface area contributed by atoms with Gasteiger partial charge in [0.2, 0.25) is 5.95 Å². The minimum atomic E-state index is -4.74. The van der Waals surface area contributed by atoms with E-state index in [1.54, 1.807) is 6.92 Å². The number of pyridine rings is 1. The molecule has 27 heavy (non-hydrogen) atoms. The summed E-state index contributed by atoms with van der Waals surface area (Å²) < 4.78 is 72.9. The first-order valence-corrected chi connectivity index (χ1v) is 8.34. The van der Waals surface area contributed by atoms with Crippen LogP contribution in [0, 0.1) is 17.7 Å². The fraction of sp³-hybridized carbons (Fsp3) is 0.421. The van der Waals surface area contributed by atoms with E-state index in [1.807, 2.05) is 13.8 Å². The topological polar surface area (TPSA) is 48.1 Å². The van der Waals surface area contributed by atoms with E-state index < -0.39 is 34.8 Å². The van der Waals surface area contributed by atoms with Crippen molar-refractivity contribution in [3.05, 3.63) is 47.8 Å². The molecule has 1 unspecified atom stereocenters. The van der Waals surface area contributed by atoms with E-state index in [2.05, 4.69) is 4.98 Å². The van der Waals surface area contributed by atoms with Gasteiger partial charge in [0.1, 0.15) is 12.4 Å². The molecule has 0 aliphatic carbocycles. The second kappa shape index (κ2) is 7.80. The van der Waals surface area contributed by atoms with E-state index >= 15 is 0 Å². The monoisotopic (exact) mass is 388 g/mol. The van der Waals surface area contributed by atoms with Gasteiger partial charge >= 0.3 is 6.18 Å². The Morgan fingerprint density at radius 1 is 1.15 bits per heavy atom. The number of alkyl halides is 3. The zero-order chi connectivity index (χ0) is 20.4. The number of aromatic nitrogens is 1. The molecule has 1 aromatic heterocycles. The van der Waals surface area contributed by atoms with Crippen molar-refractivity contribution in [1.82, 2.24) is 4.98 Å². The highest BCUT2D eigenvalue weighted by molar-refractivity contribution is 5.66. The molecule has 148 valence electrons. The molecular formula is C19H21F5N2O. The van der Waals surface area contributed by atoms with Crippen molar-refractivity contribution in [2.24, 2.45) is 11.7 Å². The molecule has 0 aliphatic rings. The molecule has 0 fully saturated rings. The molecule has 1 aromatic carbocycles. The van der Waals surface area contributed by atoms with Gasteiger partial charge in [0.15, 0.2) is 5.82 Å². The van der Waals surface area contributed by atoms with Crippen LogP contribution >= 0.6 is 0 Å². The third-order valence-electron chi connectivity index (χ3n) is 3.87. The maximum Gasteiger partial charge on any atom is 0.419 e. The molecule has 0 bridgehead atoms. The number of hydrogen-bond donors (Lipinski definition) is 1. The Bertz CT molecular complexity index is 803. The maximum absolute atomic E-state index is 13.9. The summed E-state index contributed by atoms with van der Waals surface area (Å²) in [5, 5.41) is 0. The Hall–Kier alpha value is -2.22.